The van der Waals surface area contributed by atoms with Gasteiger partial charge in [0.2, 0.25) is 0 Å². The Morgan fingerprint density at radius 3 is 2.88 bits per heavy atom. The van der Waals surface area contributed by atoms with Crippen molar-refractivity contribution in [1.29, 1.82) is 0 Å². The van der Waals surface area contributed by atoms with E-state index in [1.165, 1.54) is 5.56 Å². The zero-order chi connectivity index (χ0) is 18.3. The van der Waals surface area contributed by atoms with Crippen LogP contribution in [-0.2, 0) is 35.5 Å². The van der Waals surface area contributed by atoms with Gasteiger partial charge in [-0.05, 0) is 32.3 Å². The van der Waals surface area contributed by atoms with Gasteiger partial charge in [0.1, 0.15) is 18.0 Å². The monoisotopic (exact) mass is 360 g/mol. The number of aromatic amines is 1. The van der Waals surface area contributed by atoms with Crippen LogP contribution in [0.15, 0.2) is 0 Å². The molecule has 26 heavy (non-hydrogen) atoms. The van der Waals surface area contributed by atoms with E-state index < -0.39 is 5.97 Å². The van der Waals surface area contributed by atoms with E-state index in [1.807, 2.05) is 18.7 Å². The fourth-order valence-corrected chi connectivity index (χ4v) is 4.08. The lowest BCUT2D eigenvalue weighted by atomic mass is 10.0. The molecule has 4 rings (SSSR count). The lowest BCUT2D eigenvalue weighted by Gasteiger charge is -2.34. The Morgan fingerprint density at radius 1 is 1.31 bits per heavy atom. The van der Waals surface area contributed by atoms with Crippen LogP contribution in [0.25, 0.3) is 0 Å². The number of rotatable bonds is 5. The quantitative estimate of drug-likeness (QED) is 0.797. The maximum absolute atomic E-state index is 11.0. The SMILES string of the molecule is Cc1n[nH]c(C)c1CCc1nnc2n1CC1(CCN(CC(=O)O)C1)OC2. The second-order valence-electron chi connectivity index (χ2n) is 7.36. The Morgan fingerprint density at radius 2 is 2.15 bits per heavy atom. The van der Waals surface area contributed by atoms with E-state index >= 15 is 0 Å². The van der Waals surface area contributed by atoms with Crippen molar-refractivity contribution in [2.24, 2.45) is 0 Å². The van der Waals surface area contributed by atoms with Crippen LogP contribution >= 0.6 is 0 Å². The van der Waals surface area contributed by atoms with Crippen LogP contribution in [0.3, 0.4) is 0 Å². The number of aliphatic carboxylic acids is 1. The molecule has 1 atom stereocenters. The molecule has 0 amide bonds. The van der Waals surface area contributed by atoms with Crippen molar-refractivity contribution >= 4 is 5.97 Å². The molecule has 1 unspecified atom stereocenters. The van der Waals surface area contributed by atoms with Crippen molar-refractivity contribution in [3.8, 4) is 0 Å². The molecule has 0 aromatic carbocycles. The first-order valence-corrected chi connectivity index (χ1v) is 8.95. The van der Waals surface area contributed by atoms with Crippen molar-refractivity contribution in [3.63, 3.8) is 0 Å². The molecule has 0 aliphatic carbocycles. The maximum Gasteiger partial charge on any atom is 0.317 e. The van der Waals surface area contributed by atoms with Gasteiger partial charge in [-0.3, -0.25) is 14.8 Å². The molecular formula is C17H24N6O3. The predicted octanol–water partition coefficient (Wildman–Crippen LogP) is 0.463. The number of aryl methyl sites for hydroxylation is 3. The van der Waals surface area contributed by atoms with E-state index in [2.05, 4.69) is 25.0 Å². The molecule has 1 spiro atoms. The second kappa shape index (κ2) is 6.48. The van der Waals surface area contributed by atoms with Crippen LogP contribution in [0.5, 0.6) is 0 Å². The van der Waals surface area contributed by atoms with Gasteiger partial charge in [0.15, 0.2) is 5.82 Å². The summed E-state index contributed by atoms with van der Waals surface area (Å²) in [5, 5.41) is 24.9. The molecule has 140 valence electrons. The van der Waals surface area contributed by atoms with Crippen LogP contribution < -0.4 is 0 Å². The number of aromatic nitrogens is 5. The standard InChI is InChI=1S/C17H24N6O3/c1-11-13(12(2)19-18-11)3-4-14-20-21-15-8-26-17(10-23(14)15)5-6-22(9-17)7-16(24)25/h3-10H2,1-2H3,(H,18,19)(H,24,25). The summed E-state index contributed by atoms with van der Waals surface area (Å²) in [6, 6.07) is 0. The molecule has 2 aliphatic heterocycles. The minimum atomic E-state index is -0.797. The van der Waals surface area contributed by atoms with Gasteiger partial charge in [0.05, 0.1) is 18.8 Å². The van der Waals surface area contributed by atoms with Gasteiger partial charge < -0.3 is 14.4 Å². The molecule has 0 bridgehead atoms. The molecule has 2 aromatic heterocycles. The summed E-state index contributed by atoms with van der Waals surface area (Å²) in [7, 11) is 0. The summed E-state index contributed by atoms with van der Waals surface area (Å²) in [4.78, 5) is 12.9. The number of carboxylic acids is 1. The molecular weight excluding hydrogens is 336 g/mol. The Labute approximate surface area is 151 Å². The van der Waals surface area contributed by atoms with Crippen molar-refractivity contribution in [2.75, 3.05) is 19.6 Å². The smallest absolute Gasteiger partial charge is 0.317 e. The average molecular weight is 360 g/mol. The lowest BCUT2D eigenvalue weighted by molar-refractivity contribution is -0.138. The van der Waals surface area contributed by atoms with Gasteiger partial charge in [-0.2, -0.15) is 5.10 Å². The molecule has 0 radical (unpaired) electrons. The average Bonchev–Trinajstić information content (AvgIpc) is 3.25. The summed E-state index contributed by atoms with van der Waals surface area (Å²) >= 11 is 0. The van der Waals surface area contributed by atoms with E-state index in [4.69, 9.17) is 9.84 Å². The number of carbonyl (C=O) groups is 1. The van der Waals surface area contributed by atoms with Crippen molar-refractivity contribution in [1.82, 2.24) is 29.9 Å². The molecule has 9 nitrogen and oxygen atoms in total. The van der Waals surface area contributed by atoms with Gasteiger partial charge in [-0.25, -0.2) is 0 Å². The highest BCUT2D eigenvalue weighted by Crippen LogP contribution is 2.32. The number of hydrogen-bond donors (Lipinski definition) is 2. The third-order valence-electron chi connectivity index (χ3n) is 5.49. The largest absolute Gasteiger partial charge is 0.480 e. The number of nitrogens with zero attached hydrogens (tertiary/aromatic N) is 5. The first-order valence-electron chi connectivity index (χ1n) is 8.95. The summed E-state index contributed by atoms with van der Waals surface area (Å²) in [5.41, 5.74) is 3.03. The molecule has 1 fully saturated rings. The van der Waals surface area contributed by atoms with E-state index in [0.717, 1.165) is 48.8 Å². The van der Waals surface area contributed by atoms with Crippen LogP contribution in [-0.4, -0.2) is 66.2 Å². The molecule has 4 heterocycles. The summed E-state index contributed by atoms with van der Waals surface area (Å²) in [6.45, 7) is 6.60. The summed E-state index contributed by atoms with van der Waals surface area (Å²) < 4.78 is 8.26. The van der Waals surface area contributed by atoms with E-state index in [1.54, 1.807) is 0 Å². The van der Waals surface area contributed by atoms with Crippen molar-refractivity contribution in [2.45, 2.75) is 51.9 Å². The van der Waals surface area contributed by atoms with Crippen molar-refractivity contribution < 1.29 is 14.6 Å². The molecule has 2 aromatic rings. The Kier molecular flexibility index (Phi) is 4.28. The molecule has 1 saturated heterocycles. The minimum Gasteiger partial charge on any atom is -0.480 e. The van der Waals surface area contributed by atoms with E-state index in [9.17, 15) is 4.79 Å². The van der Waals surface area contributed by atoms with Gasteiger partial charge in [-0.1, -0.05) is 0 Å². The fourth-order valence-electron chi connectivity index (χ4n) is 4.08. The van der Waals surface area contributed by atoms with Gasteiger partial charge in [0.25, 0.3) is 0 Å². The van der Waals surface area contributed by atoms with Crippen LogP contribution in [0.2, 0.25) is 0 Å². The zero-order valence-electron chi connectivity index (χ0n) is 15.2. The summed E-state index contributed by atoms with van der Waals surface area (Å²) in [6.07, 6.45) is 2.49. The number of fused-ring (bicyclic) bond motifs is 1. The normalized spacial score (nSPS) is 22.8. The Hall–Kier alpha value is -2.26. The first-order chi connectivity index (χ1) is 12.5. The highest BCUT2D eigenvalue weighted by Gasteiger charge is 2.43. The third-order valence-corrected chi connectivity index (χ3v) is 5.49. The zero-order valence-corrected chi connectivity index (χ0v) is 15.2. The topological polar surface area (TPSA) is 109 Å². The molecule has 9 heteroatoms. The van der Waals surface area contributed by atoms with E-state index in [-0.39, 0.29) is 12.1 Å². The van der Waals surface area contributed by atoms with E-state index in [0.29, 0.717) is 19.7 Å². The molecule has 0 saturated carbocycles. The number of hydrogen-bond acceptors (Lipinski definition) is 6. The molecule has 2 N–H and O–H groups in total. The predicted molar refractivity (Wildman–Crippen MR) is 91.7 cm³/mol. The number of ether oxygens (including phenoxy) is 1. The van der Waals surface area contributed by atoms with Gasteiger partial charge in [-0.15, -0.1) is 10.2 Å². The van der Waals surface area contributed by atoms with Gasteiger partial charge in [0, 0.05) is 25.2 Å². The van der Waals surface area contributed by atoms with Crippen LogP contribution in [0, 0.1) is 13.8 Å². The highest BCUT2D eigenvalue weighted by molar-refractivity contribution is 5.69. The third kappa shape index (κ3) is 3.12. The lowest BCUT2D eigenvalue weighted by Crippen LogP contribution is -2.45. The van der Waals surface area contributed by atoms with Crippen LogP contribution in [0.4, 0.5) is 0 Å². The number of carboxylic acid groups (broad SMARTS) is 1. The number of likely N-dealkylation sites (tertiary alicyclic amines) is 1. The van der Waals surface area contributed by atoms with Crippen molar-refractivity contribution in [3.05, 3.63) is 28.6 Å². The highest BCUT2D eigenvalue weighted by atomic mass is 16.5. The Bertz CT molecular complexity index is 809. The first kappa shape index (κ1) is 17.2. The number of nitrogens with one attached hydrogen (secondary N) is 1. The fraction of sp³-hybridized carbons (Fsp3) is 0.647. The summed E-state index contributed by atoms with van der Waals surface area (Å²) in [5.74, 6) is 1.01. The van der Waals surface area contributed by atoms with Gasteiger partial charge >= 0.3 is 5.97 Å². The number of H-pyrrole nitrogens is 1. The second-order valence-corrected chi connectivity index (χ2v) is 7.36. The maximum atomic E-state index is 11.0. The van der Waals surface area contributed by atoms with Crippen LogP contribution in [0.1, 0.15) is 35.0 Å². The minimum absolute atomic E-state index is 0.0616. The molecule has 2 aliphatic rings. The Balaban J connectivity index is 1.47.